The lowest BCUT2D eigenvalue weighted by molar-refractivity contribution is -0.141. The third-order valence-corrected chi connectivity index (χ3v) is 8.00. The number of carbonyl (C=O) groups excluding carboxylic acids is 2. The second-order valence-corrected chi connectivity index (χ2v) is 11.4. The van der Waals surface area contributed by atoms with Gasteiger partial charge in [-0.15, -0.1) is 0 Å². The zero-order chi connectivity index (χ0) is 29.0. The van der Waals surface area contributed by atoms with Crippen LogP contribution in [0.15, 0.2) is 77.3 Å². The summed E-state index contributed by atoms with van der Waals surface area (Å²) in [6.45, 7) is 5.32. The van der Waals surface area contributed by atoms with Crippen LogP contribution in [-0.2, 0) is 29.0 Å². The molecule has 1 N–H and O–H groups in total. The van der Waals surface area contributed by atoms with Gasteiger partial charge in [0.2, 0.25) is 11.8 Å². The zero-order valence-corrected chi connectivity index (χ0v) is 25.7. The van der Waals surface area contributed by atoms with Gasteiger partial charge in [0.25, 0.3) is 0 Å². The van der Waals surface area contributed by atoms with Crippen molar-refractivity contribution < 1.29 is 19.1 Å². The summed E-state index contributed by atoms with van der Waals surface area (Å²) in [4.78, 5) is 29.6. The van der Waals surface area contributed by atoms with Crippen molar-refractivity contribution in [1.82, 2.24) is 10.2 Å². The molecule has 1 saturated carbocycles. The quantitative estimate of drug-likeness (QED) is 0.213. The molecule has 3 aromatic rings. The molecule has 1 unspecified atom stereocenters. The largest absolute Gasteiger partial charge is 0.490 e. The first-order valence-corrected chi connectivity index (χ1v) is 15.5. The first kappa shape index (κ1) is 30.6. The molecule has 1 fully saturated rings. The van der Waals surface area contributed by atoms with E-state index in [0.29, 0.717) is 44.1 Å². The molecule has 0 heterocycles. The fourth-order valence-electron chi connectivity index (χ4n) is 5.35. The Labute approximate surface area is 252 Å². The van der Waals surface area contributed by atoms with Crippen LogP contribution in [0.4, 0.5) is 0 Å². The van der Waals surface area contributed by atoms with Crippen molar-refractivity contribution in [2.24, 2.45) is 0 Å². The van der Waals surface area contributed by atoms with Crippen LogP contribution in [0.1, 0.15) is 62.6 Å². The summed E-state index contributed by atoms with van der Waals surface area (Å²) >= 11 is 3.50. The standard InChI is InChI=1S/C34H41BrN2O4/c1-3-40-31-20-16-26(23-32(31)41-4-2)17-21-33(38)37(24-27-14-18-28(35)19-15-27)30(22-25-10-6-5-7-11-25)34(39)36-29-12-8-9-13-29/h5-7,10-11,14-16,18-20,23,29-30H,3-4,8-9,12-13,17,21-22,24H2,1-2H3,(H,36,39). The van der Waals surface area contributed by atoms with Crippen LogP contribution in [0.2, 0.25) is 0 Å². The number of ether oxygens (including phenoxy) is 2. The van der Waals surface area contributed by atoms with E-state index in [2.05, 4.69) is 21.2 Å². The molecule has 0 saturated heterocycles. The Morgan fingerprint density at radius 3 is 2.22 bits per heavy atom. The second-order valence-electron chi connectivity index (χ2n) is 10.5. The van der Waals surface area contributed by atoms with Crippen LogP contribution >= 0.6 is 15.9 Å². The fraction of sp³-hybridized carbons (Fsp3) is 0.412. The van der Waals surface area contributed by atoms with Crippen molar-refractivity contribution in [3.8, 4) is 11.5 Å². The summed E-state index contributed by atoms with van der Waals surface area (Å²) < 4.78 is 12.5. The minimum absolute atomic E-state index is 0.0535. The van der Waals surface area contributed by atoms with E-state index in [1.807, 2.05) is 86.6 Å². The van der Waals surface area contributed by atoms with E-state index in [4.69, 9.17) is 9.47 Å². The molecule has 0 aromatic heterocycles. The van der Waals surface area contributed by atoms with Crippen LogP contribution in [0.25, 0.3) is 0 Å². The van der Waals surface area contributed by atoms with Crippen molar-refractivity contribution in [2.75, 3.05) is 13.2 Å². The van der Waals surface area contributed by atoms with E-state index in [-0.39, 0.29) is 24.3 Å². The number of carbonyl (C=O) groups is 2. The maximum atomic E-state index is 14.0. The van der Waals surface area contributed by atoms with E-state index in [1.54, 1.807) is 4.90 Å². The van der Waals surface area contributed by atoms with Gasteiger partial charge in [-0.3, -0.25) is 9.59 Å². The lowest BCUT2D eigenvalue weighted by Gasteiger charge is -2.32. The average molecular weight is 622 g/mol. The fourth-order valence-corrected chi connectivity index (χ4v) is 5.62. The van der Waals surface area contributed by atoms with Crippen molar-refractivity contribution in [3.63, 3.8) is 0 Å². The van der Waals surface area contributed by atoms with Crippen molar-refractivity contribution in [1.29, 1.82) is 0 Å². The Bertz CT molecular complexity index is 1260. The van der Waals surface area contributed by atoms with Gasteiger partial charge in [-0.25, -0.2) is 0 Å². The normalized spacial score (nSPS) is 13.9. The minimum Gasteiger partial charge on any atom is -0.490 e. The maximum Gasteiger partial charge on any atom is 0.243 e. The Morgan fingerprint density at radius 1 is 0.878 bits per heavy atom. The van der Waals surface area contributed by atoms with E-state index >= 15 is 0 Å². The number of hydrogen-bond donors (Lipinski definition) is 1. The van der Waals surface area contributed by atoms with Gasteiger partial charge in [0.1, 0.15) is 6.04 Å². The molecule has 0 spiro atoms. The number of halogens is 1. The third-order valence-electron chi connectivity index (χ3n) is 7.47. The molecule has 2 amide bonds. The molecule has 4 rings (SSSR count). The average Bonchev–Trinajstić information content (AvgIpc) is 3.49. The van der Waals surface area contributed by atoms with Crippen LogP contribution in [0.3, 0.4) is 0 Å². The smallest absolute Gasteiger partial charge is 0.243 e. The molecule has 3 aromatic carbocycles. The molecule has 6 nitrogen and oxygen atoms in total. The van der Waals surface area contributed by atoms with Crippen LogP contribution in [0, 0.1) is 0 Å². The lowest BCUT2D eigenvalue weighted by atomic mass is 10.0. The molecule has 7 heteroatoms. The molecule has 218 valence electrons. The van der Waals surface area contributed by atoms with Crippen molar-refractivity contribution >= 4 is 27.7 Å². The van der Waals surface area contributed by atoms with Crippen molar-refractivity contribution in [3.05, 3.63) is 94.0 Å². The maximum absolute atomic E-state index is 14.0. The molecule has 1 aliphatic carbocycles. The van der Waals surface area contributed by atoms with Crippen LogP contribution in [0.5, 0.6) is 11.5 Å². The van der Waals surface area contributed by atoms with Gasteiger partial charge in [0.15, 0.2) is 11.5 Å². The molecule has 1 atom stereocenters. The highest BCUT2D eigenvalue weighted by atomic mass is 79.9. The first-order chi connectivity index (χ1) is 20.0. The lowest BCUT2D eigenvalue weighted by Crippen LogP contribution is -2.52. The highest BCUT2D eigenvalue weighted by Crippen LogP contribution is 2.29. The minimum atomic E-state index is -0.617. The SMILES string of the molecule is CCOc1ccc(CCC(=O)N(Cc2ccc(Br)cc2)C(Cc2ccccc2)C(=O)NC2CCCC2)cc1OCC. The summed E-state index contributed by atoms with van der Waals surface area (Å²) in [5.41, 5.74) is 3.00. The van der Waals surface area contributed by atoms with Gasteiger partial charge in [-0.05, 0) is 74.1 Å². The Kier molecular flexibility index (Phi) is 11.7. The number of rotatable bonds is 14. The summed E-state index contributed by atoms with van der Waals surface area (Å²) in [5, 5.41) is 3.27. The van der Waals surface area contributed by atoms with Crippen LogP contribution < -0.4 is 14.8 Å². The summed E-state index contributed by atoms with van der Waals surface area (Å²) in [6.07, 6.45) is 5.50. The highest BCUT2D eigenvalue weighted by molar-refractivity contribution is 9.10. The summed E-state index contributed by atoms with van der Waals surface area (Å²) in [5.74, 6) is 1.25. The molecule has 41 heavy (non-hydrogen) atoms. The third kappa shape index (κ3) is 9.09. The highest BCUT2D eigenvalue weighted by Gasteiger charge is 2.32. The monoisotopic (exact) mass is 620 g/mol. The van der Waals surface area contributed by atoms with Crippen LogP contribution in [-0.4, -0.2) is 42.0 Å². The number of amides is 2. The van der Waals surface area contributed by atoms with Gasteiger partial charge in [-0.2, -0.15) is 0 Å². The molecule has 0 bridgehead atoms. The predicted octanol–water partition coefficient (Wildman–Crippen LogP) is 6.88. The topological polar surface area (TPSA) is 67.9 Å². The van der Waals surface area contributed by atoms with E-state index in [0.717, 1.165) is 46.8 Å². The van der Waals surface area contributed by atoms with Gasteiger partial charge in [0.05, 0.1) is 13.2 Å². The van der Waals surface area contributed by atoms with Gasteiger partial charge in [-0.1, -0.05) is 77.3 Å². The molecular formula is C34H41BrN2O4. The Balaban J connectivity index is 1.59. The molecule has 0 radical (unpaired) electrons. The van der Waals surface area contributed by atoms with Crippen molar-refractivity contribution in [2.45, 2.75) is 77.4 Å². The zero-order valence-electron chi connectivity index (χ0n) is 24.1. The second kappa shape index (κ2) is 15.6. The number of aryl methyl sites for hydroxylation is 1. The summed E-state index contributed by atoms with van der Waals surface area (Å²) in [7, 11) is 0. The Hall–Kier alpha value is -3.32. The number of hydrogen-bond acceptors (Lipinski definition) is 4. The first-order valence-electron chi connectivity index (χ1n) is 14.7. The van der Waals surface area contributed by atoms with E-state index in [1.165, 1.54) is 0 Å². The summed E-state index contributed by atoms with van der Waals surface area (Å²) in [6, 6.07) is 23.3. The van der Waals surface area contributed by atoms with Gasteiger partial charge < -0.3 is 19.7 Å². The Morgan fingerprint density at radius 2 is 1.54 bits per heavy atom. The van der Waals surface area contributed by atoms with E-state index < -0.39 is 6.04 Å². The predicted molar refractivity (Wildman–Crippen MR) is 166 cm³/mol. The number of benzene rings is 3. The van der Waals surface area contributed by atoms with Gasteiger partial charge >= 0.3 is 0 Å². The number of nitrogens with zero attached hydrogens (tertiary/aromatic N) is 1. The molecule has 0 aliphatic heterocycles. The van der Waals surface area contributed by atoms with E-state index in [9.17, 15) is 9.59 Å². The molecule has 1 aliphatic rings. The number of nitrogens with one attached hydrogen (secondary N) is 1. The van der Waals surface area contributed by atoms with Gasteiger partial charge in [0, 0.05) is 29.9 Å². The molecular weight excluding hydrogens is 580 g/mol.